The predicted octanol–water partition coefficient (Wildman–Crippen LogP) is 2.97. The summed E-state index contributed by atoms with van der Waals surface area (Å²) in [6.45, 7) is 2.57. The monoisotopic (exact) mass is 449 g/mol. The predicted molar refractivity (Wildman–Crippen MR) is 125 cm³/mol. The van der Waals surface area contributed by atoms with Gasteiger partial charge in [0, 0.05) is 37.3 Å². The normalized spacial score (nSPS) is 17.5. The first kappa shape index (κ1) is 22.8. The van der Waals surface area contributed by atoms with E-state index in [9.17, 15) is 14.4 Å². The maximum atomic E-state index is 13.3. The molecule has 2 fully saturated rings. The van der Waals surface area contributed by atoms with E-state index in [2.05, 4.69) is 5.32 Å². The number of carbonyl (C=O) groups is 3. The Labute approximate surface area is 194 Å². The molecule has 0 spiro atoms. The molecule has 2 aromatic rings. The van der Waals surface area contributed by atoms with Gasteiger partial charge in [-0.05, 0) is 61.9 Å². The second-order valence-electron chi connectivity index (χ2n) is 8.71. The van der Waals surface area contributed by atoms with Crippen molar-refractivity contribution in [3.63, 3.8) is 0 Å². The van der Waals surface area contributed by atoms with Crippen molar-refractivity contribution in [2.75, 3.05) is 33.3 Å². The van der Waals surface area contributed by atoms with Crippen molar-refractivity contribution in [2.24, 2.45) is 5.92 Å². The maximum absolute atomic E-state index is 13.3. The van der Waals surface area contributed by atoms with Crippen molar-refractivity contribution in [1.82, 2.24) is 15.1 Å². The molecule has 2 saturated heterocycles. The number of benzene rings is 2. The molecule has 0 unspecified atom stereocenters. The van der Waals surface area contributed by atoms with Crippen LogP contribution in [0.4, 0.5) is 0 Å². The summed E-state index contributed by atoms with van der Waals surface area (Å²) >= 11 is 0. The van der Waals surface area contributed by atoms with Gasteiger partial charge in [-0.3, -0.25) is 14.4 Å². The molecule has 174 valence electrons. The van der Waals surface area contributed by atoms with Crippen molar-refractivity contribution < 1.29 is 19.1 Å². The molecule has 2 heterocycles. The zero-order valence-corrected chi connectivity index (χ0v) is 19.0. The lowest BCUT2D eigenvalue weighted by Gasteiger charge is -2.37. The molecule has 2 aliphatic heterocycles. The van der Waals surface area contributed by atoms with Crippen molar-refractivity contribution in [3.05, 3.63) is 65.7 Å². The zero-order chi connectivity index (χ0) is 23.2. The number of hydrogen-bond acceptors (Lipinski definition) is 4. The van der Waals surface area contributed by atoms with Crippen LogP contribution in [0.3, 0.4) is 0 Å². The first-order valence-corrected chi connectivity index (χ1v) is 11.6. The minimum absolute atomic E-state index is 0.00523. The van der Waals surface area contributed by atoms with Gasteiger partial charge in [0.1, 0.15) is 11.8 Å². The van der Waals surface area contributed by atoms with Gasteiger partial charge in [-0.25, -0.2) is 0 Å². The van der Waals surface area contributed by atoms with Crippen LogP contribution in [0.2, 0.25) is 0 Å². The number of methoxy groups -OCH3 is 1. The van der Waals surface area contributed by atoms with Crippen molar-refractivity contribution in [2.45, 2.75) is 31.7 Å². The summed E-state index contributed by atoms with van der Waals surface area (Å²) in [5.74, 6) is 0.358. The molecule has 1 atom stereocenters. The zero-order valence-electron chi connectivity index (χ0n) is 19.0. The lowest BCUT2D eigenvalue weighted by molar-refractivity contribution is -0.134. The number of amides is 3. The molecule has 0 aliphatic carbocycles. The highest BCUT2D eigenvalue weighted by Crippen LogP contribution is 2.25. The molecule has 33 heavy (non-hydrogen) atoms. The smallest absolute Gasteiger partial charge is 0.253 e. The Balaban J connectivity index is 1.44. The molecule has 0 aromatic heterocycles. The van der Waals surface area contributed by atoms with Crippen LogP contribution in [0.1, 0.15) is 46.4 Å². The van der Waals surface area contributed by atoms with E-state index in [4.69, 9.17) is 4.74 Å². The van der Waals surface area contributed by atoms with Gasteiger partial charge in [-0.15, -0.1) is 0 Å². The molecule has 7 heteroatoms. The first-order chi connectivity index (χ1) is 16.1. The van der Waals surface area contributed by atoms with E-state index in [1.807, 2.05) is 40.1 Å². The van der Waals surface area contributed by atoms with E-state index in [1.54, 1.807) is 31.4 Å². The van der Waals surface area contributed by atoms with Crippen LogP contribution in [-0.2, 0) is 4.79 Å². The molecule has 1 N–H and O–H groups in total. The van der Waals surface area contributed by atoms with Gasteiger partial charge in [-0.1, -0.05) is 24.3 Å². The molecule has 4 rings (SSSR count). The highest BCUT2D eigenvalue weighted by Gasteiger charge is 2.37. The van der Waals surface area contributed by atoms with E-state index in [1.165, 1.54) is 0 Å². The molecular formula is C26H31N3O4. The number of hydrogen-bond donors (Lipinski definition) is 1. The van der Waals surface area contributed by atoms with Crippen LogP contribution in [0, 0.1) is 5.92 Å². The second-order valence-corrected chi connectivity index (χ2v) is 8.71. The highest BCUT2D eigenvalue weighted by atomic mass is 16.5. The summed E-state index contributed by atoms with van der Waals surface area (Å²) in [6.07, 6.45) is 3.32. The Bertz CT molecular complexity index is 980. The molecule has 2 aliphatic rings. The maximum Gasteiger partial charge on any atom is 0.253 e. The van der Waals surface area contributed by atoms with Crippen molar-refractivity contribution >= 4 is 17.7 Å². The van der Waals surface area contributed by atoms with Gasteiger partial charge in [0.2, 0.25) is 5.91 Å². The standard InChI is InChI=1S/C26H31N3O4/c1-33-22-11-7-10-21(18-22)25(31)29-16-12-19(13-17-29)23(26(32)28-14-5-6-15-28)27-24(30)20-8-3-2-4-9-20/h2-4,7-11,18-19,23H,5-6,12-17H2,1H3,(H,27,30)/t23-/m1/s1. The van der Waals surface area contributed by atoms with Gasteiger partial charge >= 0.3 is 0 Å². The van der Waals surface area contributed by atoms with Crippen LogP contribution >= 0.6 is 0 Å². The van der Waals surface area contributed by atoms with Crippen LogP contribution in [0.5, 0.6) is 5.75 Å². The number of nitrogens with one attached hydrogen (secondary N) is 1. The Hall–Kier alpha value is -3.35. The Morgan fingerprint density at radius 1 is 0.879 bits per heavy atom. The fraction of sp³-hybridized carbons (Fsp3) is 0.423. The molecule has 3 amide bonds. The largest absolute Gasteiger partial charge is 0.497 e. The van der Waals surface area contributed by atoms with E-state index in [-0.39, 0.29) is 23.6 Å². The third kappa shape index (κ3) is 5.35. The topological polar surface area (TPSA) is 79.0 Å². The molecule has 0 radical (unpaired) electrons. The molecule has 0 bridgehead atoms. The number of piperidine rings is 1. The van der Waals surface area contributed by atoms with Crippen molar-refractivity contribution in [3.8, 4) is 5.75 Å². The van der Waals surface area contributed by atoms with Crippen LogP contribution in [0.25, 0.3) is 0 Å². The Morgan fingerprint density at radius 2 is 1.55 bits per heavy atom. The molecule has 2 aromatic carbocycles. The number of carbonyl (C=O) groups excluding carboxylic acids is 3. The van der Waals surface area contributed by atoms with Gasteiger partial charge in [0.25, 0.3) is 11.8 Å². The summed E-state index contributed by atoms with van der Waals surface area (Å²) in [5, 5.41) is 3.02. The highest BCUT2D eigenvalue weighted by molar-refractivity contribution is 5.98. The average Bonchev–Trinajstić information content (AvgIpc) is 3.42. The second kappa shape index (κ2) is 10.5. The summed E-state index contributed by atoms with van der Waals surface area (Å²) < 4.78 is 5.24. The third-order valence-electron chi connectivity index (χ3n) is 6.62. The van der Waals surface area contributed by atoms with Crippen LogP contribution in [0.15, 0.2) is 54.6 Å². The lowest BCUT2D eigenvalue weighted by atomic mass is 9.88. The van der Waals surface area contributed by atoms with E-state index >= 15 is 0 Å². The van der Waals surface area contributed by atoms with E-state index < -0.39 is 6.04 Å². The number of rotatable bonds is 6. The van der Waals surface area contributed by atoms with Crippen LogP contribution < -0.4 is 10.1 Å². The van der Waals surface area contributed by atoms with Gasteiger partial charge < -0.3 is 19.9 Å². The third-order valence-corrected chi connectivity index (χ3v) is 6.62. The summed E-state index contributed by atoms with van der Waals surface area (Å²) in [4.78, 5) is 42.9. The molecular weight excluding hydrogens is 418 g/mol. The van der Waals surface area contributed by atoms with Crippen molar-refractivity contribution in [1.29, 1.82) is 0 Å². The number of nitrogens with zero attached hydrogens (tertiary/aromatic N) is 2. The molecule has 7 nitrogen and oxygen atoms in total. The fourth-order valence-corrected chi connectivity index (χ4v) is 4.70. The number of likely N-dealkylation sites (tertiary alicyclic amines) is 2. The molecule has 0 saturated carbocycles. The Morgan fingerprint density at radius 3 is 2.21 bits per heavy atom. The van der Waals surface area contributed by atoms with E-state index in [0.29, 0.717) is 42.8 Å². The summed E-state index contributed by atoms with van der Waals surface area (Å²) in [7, 11) is 1.58. The number of ether oxygens (including phenoxy) is 1. The fourth-order valence-electron chi connectivity index (χ4n) is 4.70. The Kier molecular flexibility index (Phi) is 7.27. The summed E-state index contributed by atoms with van der Waals surface area (Å²) in [5.41, 5.74) is 1.14. The first-order valence-electron chi connectivity index (χ1n) is 11.6. The van der Waals surface area contributed by atoms with Gasteiger partial charge in [0.05, 0.1) is 7.11 Å². The quantitative estimate of drug-likeness (QED) is 0.736. The van der Waals surface area contributed by atoms with Crippen LogP contribution in [-0.4, -0.2) is 66.9 Å². The average molecular weight is 450 g/mol. The van der Waals surface area contributed by atoms with Gasteiger partial charge in [-0.2, -0.15) is 0 Å². The SMILES string of the molecule is COc1cccc(C(=O)N2CCC([C@@H](NC(=O)c3ccccc3)C(=O)N3CCCC3)CC2)c1. The van der Waals surface area contributed by atoms with E-state index in [0.717, 1.165) is 25.9 Å². The lowest BCUT2D eigenvalue weighted by Crippen LogP contribution is -2.54. The minimum Gasteiger partial charge on any atom is -0.497 e. The minimum atomic E-state index is -0.579. The summed E-state index contributed by atoms with van der Waals surface area (Å²) in [6, 6.07) is 15.6. The van der Waals surface area contributed by atoms with Gasteiger partial charge in [0.15, 0.2) is 0 Å².